The van der Waals surface area contributed by atoms with Crippen LogP contribution in [0.3, 0.4) is 0 Å². The highest BCUT2D eigenvalue weighted by molar-refractivity contribution is 5.60. The van der Waals surface area contributed by atoms with Gasteiger partial charge >= 0.3 is 0 Å². The smallest absolute Gasteiger partial charge is 0.142 e. The second-order valence-corrected chi connectivity index (χ2v) is 6.29. The van der Waals surface area contributed by atoms with Gasteiger partial charge in [0.2, 0.25) is 0 Å². The van der Waals surface area contributed by atoms with E-state index in [-0.39, 0.29) is 0 Å². The molecule has 0 aliphatic carbocycles. The van der Waals surface area contributed by atoms with Gasteiger partial charge in [0.15, 0.2) is 0 Å². The van der Waals surface area contributed by atoms with Crippen molar-refractivity contribution in [2.24, 2.45) is 11.7 Å². The zero-order valence-electron chi connectivity index (χ0n) is 13.8. The lowest BCUT2D eigenvalue weighted by atomic mass is 10.0. The van der Waals surface area contributed by atoms with E-state index in [1.807, 2.05) is 0 Å². The van der Waals surface area contributed by atoms with Crippen molar-refractivity contribution in [3.63, 3.8) is 0 Å². The Labute approximate surface area is 129 Å². The maximum absolute atomic E-state index is 6.14. The number of hydrogen-bond donors (Lipinski definition) is 1. The van der Waals surface area contributed by atoms with Gasteiger partial charge < -0.3 is 15.4 Å². The van der Waals surface area contributed by atoms with E-state index in [0.29, 0.717) is 12.0 Å². The minimum atomic E-state index is 0.361. The van der Waals surface area contributed by atoms with Gasteiger partial charge in [-0.1, -0.05) is 32.8 Å². The van der Waals surface area contributed by atoms with E-state index < -0.39 is 0 Å². The Bertz CT molecular complexity index is 435. The van der Waals surface area contributed by atoms with Gasteiger partial charge in [-0.05, 0) is 43.4 Å². The predicted molar refractivity (Wildman–Crippen MR) is 90.2 cm³/mol. The number of benzene rings is 1. The number of hydrogen-bond acceptors (Lipinski definition) is 3. The molecule has 2 rings (SSSR count). The first-order valence-electron chi connectivity index (χ1n) is 8.38. The van der Waals surface area contributed by atoms with Crippen molar-refractivity contribution in [2.45, 2.75) is 52.5 Å². The van der Waals surface area contributed by atoms with Crippen LogP contribution in [-0.4, -0.2) is 25.7 Å². The summed E-state index contributed by atoms with van der Waals surface area (Å²) >= 11 is 0. The molecule has 1 aliphatic rings. The monoisotopic (exact) mass is 290 g/mol. The molecule has 1 aromatic rings. The zero-order valence-corrected chi connectivity index (χ0v) is 13.8. The van der Waals surface area contributed by atoms with Crippen LogP contribution in [0.25, 0.3) is 0 Å². The Balaban J connectivity index is 2.10. The quantitative estimate of drug-likeness (QED) is 0.867. The van der Waals surface area contributed by atoms with Gasteiger partial charge in [-0.3, -0.25) is 0 Å². The molecule has 0 radical (unpaired) electrons. The van der Waals surface area contributed by atoms with Crippen molar-refractivity contribution in [3.8, 4) is 5.75 Å². The Hall–Kier alpha value is -1.22. The number of nitrogens with zero attached hydrogens (tertiary/aromatic N) is 1. The summed E-state index contributed by atoms with van der Waals surface area (Å²) in [5, 5.41) is 0. The van der Waals surface area contributed by atoms with Crippen LogP contribution in [0.5, 0.6) is 5.75 Å². The molecular weight excluding hydrogens is 260 g/mol. The standard InChI is InChI=1S/C18H30N2O/c1-4-15(5-2)13-21-18-7-6-14(3)12-17(18)20-10-8-16(19)9-11-20/h6-7,12,15-16H,4-5,8-11,13,19H2,1-3H3. The van der Waals surface area contributed by atoms with Crippen LogP contribution in [0, 0.1) is 12.8 Å². The van der Waals surface area contributed by atoms with Crippen molar-refractivity contribution in [3.05, 3.63) is 23.8 Å². The fourth-order valence-electron chi connectivity index (χ4n) is 2.87. The fourth-order valence-corrected chi connectivity index (χ4v) is 2.87. The third-order valence-electron chi connectivity index (χ3n) is 4.62. The van der Waals surface area contributed by atoms with E-state index in [2.05, 4.69) is 43.9 Å². The van der Waals surface area contributed by atoms with Gasteiger partial charge in [-0.25, -0.2) is 0 Å². The zero-order chi connectivity index (χ0) is 15.2. The number of piperidine rings is 1. The second-order valence-electron chi connectivity index (χ2n) is 6.29. The van der Waals surface area contributed by atoms with Gasteiger partial charge in [0.25, 0.3) is 0 Å². The minimum absolute atomic E-state index is 0.361. The van der Waals surface area contributed by atoms with Crippen LogP contribution < -0.4 is 15.4 Å². The van der Waals surface area contributed by atoms with E-state index >= 15 is 0 Å². The summed E-state index contributed by atoms with van der Waals surface area (Å²) in [6, 6.07) is 6.88. The van der Waals surface area contributed by atoms with Crippen LogP contribution in [0.4, 0.5) is 5.69 Å². The van der Waals surface area contributed by atoms with Crippen molar-refractivity contribution < 1.29 is 4.74 Å². The molecule has 0 amide bonds. The average Bonchev–Trinajstić information content (AvgIpc) is 2.50. The van der Waals surface area contributed by atoms with Gasteiger partial charge in [0.05, 0.1) is 12.3 Å². The molecule has 1 heterocycles. The van der Waals surface area contributed by atoms with Gasteiger partial charge in [-0.2, -0.15) is 0 Å². The lowest BCUT2D eigenvalue weighted by Crippen LogP contribution is -2.39. The van der Waals surface area contributed by atoms with Crippen LogP contribution >= 0.6 is 0 Å². The average molecular weight is 290 g/mol. The molecule has 0 aromatic heterocycles. The topological polar surface area (TPSA) is 38.5 Å². The predicted octanol–water partition coefficient (Wildman–Crippen LogP) is 3.74. The Morgan fingerprint density at radius 3 is 2.52 bits per heavy atom. The number of ether oxygens (including phenoxy) is 1. The molecule has 1 fully saturated rings. The first-order valence-corrected chi connectivity index (χ1v) is 8.38. The molecule has 1 saturated heterocycles. The summed E-state index contributed by atoms with van der Waals surface area (Å²) in [5.41, 5.74) is 8.55. The molecule has 0 saturated carbocycles. The summed E-state index contributed by atoms with van der Waals surface area (Å²) in [6.45, 7) is 9.50. The Morgan fingerprint density at radius 1 is 1.24 bits per heavy atom. The highest BCUT2D eigenvalue weighted by Gasteiger charge is 2.19. The third kappa shape index (κ3) is 4.37. The highest BCUT2D eigenvalue weighted by Crippen LogP contribution is 2.32. The highest BCUT2D eigenvalue weighted by atomic mass is 16.5. The van der Waals surface area contributed by atoms with Gasteiger partial charge in [0.1, 0.15) is 5.75 Å². The molecule has 3 heteroatoms. The molecule has 3 nitrogen and oxygen atoms in total. The maximum Gasteiger partial charge on any atom is 0.142 e. The lowest BCUT2D eigenvalue weighted by molar-refractivity contribution is 0.240. The number of aryl methyl sites for hydroxylation is 1. The van der Waals surface area contributed by atoms with Crippen molar-refractivity contribution in [1.82, 2.24) is 0 Å². The Morgan fingerprint density at radius 2 is 1.90 bits per heavy atom. The van der Waals surface area contributed by atoms with Gasteiger partial charge in [0, 0.05) is 19.1 Å². The first kappa shape index (κ1) is 16.2. The number of anilines is 1. The van der Waals surface area contributed by atoms with E-state index in [1.54, 1.807) is 0 Å². The molecule has 0 bridgehead atoms. The molecule has 0 atom stereocenters. The largest absolute Gasteiger partial charge is 0.491 e. The molecule has 21 heavy (non-hydrogen) atoms. The summed E-state index contributed by atoms with van der Waals surface area (Å²) < 4.78 is 6.14. The second kappa shape index (κ2) is 7.69. The molecule has 1 aliphatic heterocycles. The molecule has 0 spiro atoms. The van der Waals surface area contributed by atoms with Crippen molar-refractivity contribution in [2.75, 3.05) is 24.6 Å². The summed E-state index contributed by atoms with van der Waals surface area (Å²) in [4.78, 5) is 2.43. The molecular formula is C18H30N2O. The van der Waals surface area contributed by atoms with Gasteiger partial charge in [-0.15, -0.1) is 0 Å². The maximum atomic E-state index is 6.14. The molecule has 118 valence electrons. The van der Waals surface area contributed by atoms with E-state index in [0.717, 1.165) is 38.3 Å². The first-order chi connectivity index (χ1) is 10.1. The minimum Gasteiger partial charge on any atom is -0.491 e. The van der Waals surface area contributed by atoms with Crippen LogP contribution in [-0.2, 0) is 0 Å². The van der Waals surface area contributed by atoms with Crippen LogP contribution in [0.15, 0.2) is 18.2 Å². The van der Waals surface area contributed by atoms with E-state index in [1.165, 1.54) is 24.1 Å². The lowest BCUT2D eigenvalue weighted by Gasteiger charge is -2.33. The third-order valence-corrected chi connectivity index (χ3v) is 4.62. The van der Waals surface area contributed by atoms with Crippen molar-refractivity contribution in [1.29, 1.82) is 0 Å². The van der Waals surface area contributed by atoms with Crippen molar-refractivity contribution >= 4 is 5.69 Å². The SMILES string of the molecule is CCC(CC)COc1ccc(C)cc1N1CCC(N)CC1. The Kier molecular flexibility index (Phi) is 5.92. The van der Waals surface area contributed by atoms with Crippen LogP contribution in [0.2, 0.25) is 0 Å². The van der Waals surface area contributed by atoms with Crippen LogP contribution in [0.1, 0.15) is 45.1 Å². The molecule has 2 N–H and O–H groups in total. The number of rotatable bonds is 6. The summed E-state index contributed by atoms with van der Waals surface area (Å²) in [7, 11) is 0. The van der Waals surface area contributed by atoms with E-state index in [9.17, 15) is 0 Å². The molecule has 0 unspecified atom stereocenters. The normalized spacial score (nSPS) is 16.5. The summed E-state index contributed by atoms with van der Waals surface area (Å²) in [5.74, 6) is 1.68. The fraction of sp³-hybridized carbons (Fsp3) is 0.667. The number of nitrogens with two attached hydrogens (primary N) is 1. The molecule has 1 aromatic carbocycles. The summed E-state index contributed by atoms with van der Waals surface area (Å²) in [6.07, 6.45) is 4.49. The van der Waals surface area contributed by atoms with E-state index in [4.69, 9.17) is 10.5 Å².